The molecule has 2 aromatic carbocycles. The summed E-state index contributed by atoms with van der Waals surface area (Å²) in [6, 6.07) is 17.8. The zero-order valence-electron chi connectivity index (χ0n) is 38.4. The van der Waals surface area contributed by atoms with E-state index < -0.39 is 7.12 Å². The number of hydrogen-bond acceptors (Lipinski definition) is 8. The monoisotopic (exact) mass is 960 g/mol. The minimum absolute atomic E-state index is 0. The van der Waals surface area contributed by atoms with Gasteiger partial charge in [-0.15, -0.1) is 0 Å². The molecule has 0 saturated carbocycles. The number of nitrogens with zero attached hydrogens (tertiary/aromatic N) is 6. The van der Waals surface area contributed by atoms with Crippen LogP contribution in [0.1, 0.15) is 128 Å². The van der Waals surface area contributed by atoms with Gasteiger partial charge in [0.2, 0.25) is 0 Å². The van der Waals surface area contributed by atoms with E-state index in [4.69, 9.17) is 31.0 Å². The van der Waals surface area contributed by atoms with Crippen molar-refractivity contribution in [1.82, 2.24) is 24.1 Å². The van der Waals surface area contributed by atoms with Gasteiger partial charge in [-0.2, -0.15) is 5.26 Å². The van der Waals surface area contributed by atoms with Crippen LogP contribution in [0.5, 0.6) is 0 Å². The molecule has 0 unspecified atom stereocenters. The largest absolute Gasteiger partial charge is 0.496 e. The second-order valence-electron chi connectivity index (χ2n) is 21.5. The Labute approximate surface area is 376 Å². The summed E-state index contributed by atoms with van der Waals surface area (Å²) in [6.45, 7) is 36.6. The predicted octanol–water partition coefficient (Wildman–Crippen LogP) is 10.5. The number of nitrogens with two attached hydrogens (primary N) is 2. The van der Waals surface area contributed by atoms with E-state index in [1.165, 1.54) is 0 Å². The summed E-state index contributed by atoms with van der Waals surface area (Å²) >= 11 is 3.54. The molecule has 0 amide bonds. The fourth-order valence-electron chi connectivity index (χ4n) is 6.69. The number of rotatable bonds is 5. The number of benzene rings is 2. The van der Waals surface area contributed by atoms with Crippen molar-refractivity contribution in [3.8, 4) is 6.07 Å². The zero-order chi connectivity index (χ0) is 43.8. The van der Waals surface area contributed by atoms with Gasteiger partial charge in [-0.05, 0) is 71.4 Å². The van der Waals surface area contributed by atoms with Crippen molar-refractivity contribution in [2.24, 2.45) is 21.7 Å². The second kappa shape index (κ2) is 18.4. The third-order valence-corrected chi connectivity index (χ3v) is 10.8. The number of pyridine rings is 1. The SMILES string of the molecule is CC(C)(C)Cc1nc(N)c(Br)n1CC(C)(C)C.CC(C)(C)Cc1nc2nc(N)c3ccccc3c2n1CC(C)(C)C.CC1(C)OB(c2ccccc2C#N)OC1(C)C.[Pd]. The molecule has 4 N–H and O–H groups in total. The topological polar surface area (TPSA) is 143 Å². The summed E-state index contributed by atoms with van der Waals surface area (Å²) in [5, 5.41) is 11.2. The van der Waals surface area contributed by atoms with E-state index in [0.29, 0.717) is 17.2 Å². The average Bonchev–Trinajstić information content (AvgIpc) is 3.60. The molecular formula is C46H68BBrN8O2Pd. The summed E-state index contributed by atoms with van der Waals surface area (Å²) < 4.78 is 17.3. The second-order valence-corrected chi connectivity index (χ2v) is 22.3. The van der Waals surface area contributed by atoms with Crippen molar-refractivity contribution in [3.63, 3.8) is 0 Å². The van der Waals surface area contributed by atoms with Crippen LogP contribution in [0.15, 0.2) is 53.1 Å². The molecule has 0 bridgehead atoms. The number of halogens is 1. The van der Waals surface area contributed by atoms with E-state index in [1.54, 1.807) is 6.07 Å². The molecule has 1 aliphatic heterocycles. The molecular weight excluding hydrogens is 894 g/mol. The molecule has 324 valence electrons. The van der Waals surface area contributed by atoms with Crippen molar-refractivity contribution >= 4 is 62.1 Å². The van der Waals surface area contributed by atoms with Gasteiger partial charge in [0.15, 0.2) is 11.5 Å². The first-order valence-electron chi connectivity index (χ1n) is 20.3. The number of anilines is 2. The average molecular weight is 962 g/mol. The third-order valence-electron chi connectivity index (χ3n) is 9.95. The van der Waals surface area contributed by atoms with E-state index in [-0.39, 0.29) is 53.3 Å². The van der Waals surface area contributed by atoms with Crippen LogP contribution in [0.3, 0.4) is 0 Å². The molecule has 13 heteroatoms. The first-order chi connectivity index (χ1) is 26.4. The van der Waals surface area contributed by atoms with Crippen molar-refractivity contribution < 1.29 is 29.7 Å². The molecule has 0 aliphatic carbocycles. The van der Waals surface area contributed by atoms with Crippen LogP contribution < -0.4 is 16.9 Å². The number of hydrogen-bond donors (Lipinski definition) is 2. The standard InChI is InChI=1S/C20H28N4.C13H16BNO2.C13H24BrN3.Pd/c1-19(2,3)11-15-22-18-16(24(15)12-20(4,5)6)13-9-7-8-10-14(13)17(21)23-18;1-12(2)13(3,4)17-14(16-12)11-8-6-5-7-10(11)9-15;1-12(2,3)7-9-16-11(15)10(14)17(9)8-13(4,5)6;/h7-10H,11-12H2,1-6H3,(H2,21,23);5-8H,1-4H3;7-8,15H2,1-6H3;. The molecule has 10 nitrogen and oxygen atoms in total. The smallest absolute Gasteiger partial charge is 0.399 e. The molecule has 6 rings (SSSR count). The number of nitrogen functional groups attached to an aromatic ring is 2. The van der Waals surface area contributed by atoms with Crippen LogP contribution in [0, 0.1) is 33.0 Å². The summed E-state index contributed by atoms with van der Waals surface area (Å²) in [6.07, 6.45) is 1.84. The molecule has 59 heavy (non-hydrogen) atoms. The fraction of sp³-hybridized carbons (Fsp3) is 0.565. The van der Waals surface area contributed by atoms with Gasteiger partial charge >= 0.3 is 7.12 Å². The maximum Gasteiger partial charge on any atom is 0.496 e. The van der Waals surface area contributed by atoms with E-state index >= 15 is 0 Å². The zero-order valence-corrected chi connectivity index (χ0v) is 41.5. The summed E-state index contributed by atoms with van der Waals surface area (Å²) in [4.78, 5) is 13.9. The van der Waals surface area contributed by atoms with Gasteiger partial charge in [0.1, 0.15) is 22.1 Å². The quantitative estimate of drug-likeness (QED) is 0.166. The molecule has 0 atom stereocenters. The maximum atomic E-state index is 9.08. The number of fused-ring (bicyclic) bond motifs is 3. The molecule has 1 saturated heterocycles. The number of imidazole rings is 2. The molecule has 1 aliphatic rings. The normalized spacial score (nSPS) is 15.2. The van der Waals surface area contributed by atoms with Gasteiger partial charge < -0.3 is 29.9 Å². The van der Waals surface area contributed by atoms with E-state index in [1.807, 2.05) is 58.0 Å². The Morgan fingerprint density at radius 3 is 1.61 bits per heavy atom. The number of nitriles is 1. The van der Waals surface area contributed by atoms with Gasteiger partial charge in [0, 0.05) is 62.6 Å². The van der Waals surface area contributed by atoms with Crippen LogP contribution >= 0.6 is 15.9 Å². The molecule has 0 spiro atoms. The van der Waals surface area contributed by atoms with Crippen LogP contribution in [-0.4, -0.2) is 42.4 Å². The van der Waals surface area contributed by atoms with Crippen molar-refractivity contribution in [3.05, 3.63) is 70.3 Å². The van der Waals surface area contributed by atoms with E-state index in [2.05, 4.69) is 136 Å². The first-order valence-corrected chi connectivity index (χ1v) is 21.1. The Morgan fingerprint density at radius 1 is 0.661 bits per heavy atom. The molecule has 4 heterocycles. The minimum atomic E-state index is -0.462. The van der Waals surface area contributed by atoms with Crippen molar-refractivity contribution in [2.45, 2.75) is 148 Å². The van der Waals surface area contributed by atoms with Crippen LogP contribution in [0.2, 0.25) is 0 Å². The summed E-state index contributed by atoms with van der Waals surface area (Å²) in [5.74, 6) is 3.31. The fourth-order valence-corrected chi connectivity index (χ4v) is 7.10. The van der Waals surface area contributed by atoms with Gasteiger partial charge in [0.25, 0.3) is 0 Å². The Bertz CT molecular complexity index is 2250. The Balaban J connectivity index is 0.000000240. The maximum absolute atomic E-state index is 9.08. The third kappa shape index (κ3) is 13.1. The van der Waals surface area contributed by atoms with Crippen LogP contribution in [0.25, 0.3) is 21.9 Å². The van der Waals surface area contributed by atoms with Crippen LogP contribution in [0.4, 0.5) is 11.6 Å². The van der Waals surface area contributed by atoms with Crippen molar-refractivity contribution in [1.29, 1.82) is 5.26 Å². The Hall–Kier alpha value is -3.25. The van der Waals surface area contributed by atoms with Gasteiger partial charge in [-0.25, -0.2) is 15.0 Å². The minimum Gasteiger partial charge on any atom is -0.399 e. The molecule has 0 radical (unpaired) electrons. The Morgan fingerprint density at radius 2 is 1.12 bits per heavy atom. The summed E-state index contributed by atoms with van der Waals surface area (Å²) in [7, 11) is -0.462. The summed E-state index contributed by atoms with van der Waals surface area (Å²) in [5.41, 5.74) is 15.3. The molecule has 5 aromatic rings. The predicted molar refractivity (Wildman–Crippen MR) is 246 cm³/mol. The van der Waals surface area contributed by atoms with Gasteiger partial charge in [0.05, 0.1) is 28.4 Å². The van der Waals surface area contributed by atoms with E-state index in [9.17, 15) is 0 Å². The first kappa shape index (κ1) is 50.1. The molecule has 3 aromatic heterocycles. The van der Waals surface area contributed by atoms with Crippen molar-refractivity contribution in [2.75, 3.05) is 11.5 Å². The Kier molecular flexibility index (Phi) is 15.6. The van der Waals surface area contributed by atoms with E-state index in [0.717, 1.165) is 69.6 Å². The number of aromatic nitrogens is 5. The van der Waals surface area contributed by atoms with Crippen LogP contribution in [-0.2, 0) is 55.7 Å². The molecule has 1 fully saturated rings. The van der Waals surface area contributed by atoms with Gasteiger partial charge in [-0.3, -0.25) is 0 Å². The van der Waals surface area contributed by atoms with Gasteiger partial charge in [-0.1, -0.05) is 126 Å².